The van der Waals surface area contributed by atoms with Crippen LogP contribution in [0.3, 0.4) is 0 Å². The van der Waals surface area contributed by atoms with E-state index in [2.05, 4.69) is 26.2 Å². The second kappa shape index (κ2) is 4.17. The van der Waals surface area contributed by atoms with Gasteiger partial charge >= 0.3 is 6.09 Å². The van der Waals surface area contributed by atoms with Crippen molar-refractivity contribution in [3.8, 4) is 0 Å². The molecule has 1 amide bonds. The third-order valence-electron chi connectivity index (χ3n) is 2.92. The molecule has 14 heavy (non-hydrogen) atoms. The topological polar surface area (TPSA) is 52.6 Å². The van der Waals surface area contributed by atoms with Gasteiger partial charge in [-0.1, -0.05) is 20.8 Å². The summed E-state index contributed by atoms with van der Waals surface area (Å²) in [6, 6.07) is 0. The SMILES string of the molecule is CC(C)(C)C1CCCN(C(=O)O)NC1. The molecule has 4 nitrogen and oxygen atoms in total. The molecule has 1 aliphatic rings. The molecule has 1 saturated heterocycles. The van der Waals surface area contributed by atoms with Crippen LogP contribution in [-0.2, 0) is 0 Å². The highest BCUT2D eigenvalue weighted by Gasteiger charge is 2.27. The molecule has 0 aromatic carbocycles. The van der Waals surface area contributed by atoms with Gasteiger partial charge in [-0.25, -0.2) is 15.2 Å². The predicted octanol–water partition coefficient (Wildman–Crippen LogP) is 1.93. The van der Waals surface area contributed by atoms with Gasteiger partial charge in [0.25, 0.3) is 0 Å². The first-order valence-corrected chi connectivity index (χ1v) is 5.15. The van der Waals surface area contributed by atoms with Gasteiger partial charge in [0, 0.05) is 13.1 Å². The molecule has 0 bridgehead atoms. The summed E-state index contributed by atoms with van der Waals surface area (Å²) in [5.74, 6) is 0.548. The monoisotopic (exact) mass is 200 g/mol. The van der Waals surface area contributed by atoms with Crippen molar-refractivity contribution in [1.29, 1.82) is 0 Å². The number of hydrogen-bond donors (Lipinski definition) is 2. The number of nitrogens with zero attached hydrogens (tertiary/aromatic N) is 1. The lowest BCUT2D eigenvalue weighted by Gasteiger charge is -2.29. The minimum absolute atomic E-state index is 0.252. The standard InChI is InChI=1S/C10H20N2O2/c1-10(2,3)8-5-4-6-12(9(13)14)11-7-8/h8,11H,4-7H2,1-3H3,(H,13,14). The maximum absolute atomic E-state index is 10.7. The average Bonchev–Trinajstić information content (AvgIpc) is 2.26. The molecule has 1 rings (SSSR count). The van der Waals surface area contributed by atoms with Gasteiger partial charge in [-0.3, -0.25) is 0 Å². The normalized spacial score (nSPS) is 24.5. The van der Waals surface area contributed by atoms with Crippen LogP contribution in [-0.4, -0.2) is 29.3 Å². The lowest BCUT2D eigenvalue weighted by atomic mass is 9.78. The number of amides is 1. The first kappa shape index (κ1) is 11.3. The van der Waals surface area contributed by atoms with Gasteiger partial charge in [0.15, 0.2) is 0 Å². The van der Waals surface area contributed by atoms with Gasteiger partial charge in [-0.05, 0) is 24.2 Å². The van der Waals surface area contributed by atoms with Gasteiger partial charge in [0.2, 0.25) is 0 Å². The average molecular weight is 200 g/mol. The molecule has 0 radical (unpaired) electrons. The molecule has 2 N–H and O–H groups in total. The minimum atomic E-state index is -0.875. The van der Waals surface area contributed by atoms with E-state index in [0.29, 0.717) is 12.5 Å². The summed E-state index contributed by atoms with van der Waals surface area (Å²) in [5.41, 5.74) is 3.22. The lowest BCUT2D eigenvalue weighted by molar-refractivity contribution is 0.118. The van der Waals surface area contributed by atoms with Crippen LogP contribution in [0, 0.1) is 11.3 Å². The molecular formula is C10H20N2O2. The zero-order valence-corrected chi connectivity index (χ0v) is 9.21. The summed E-state index contributed by atoms with van der Waals surface area (Å²) >= 11 is 0. The smallest absolute Gasteiger partial charge is 0.421 e. The van der Waals surface area contributed by atoms with Gasteiger partial charge in [0.05, 0.1) is 0 Å². The Bertz CT molecular complexity index is 211. The quantitative estimate of drug-likeness (QED) is 0.628. The fourth-order valence-electron chi connectivity index (χ4n) is 1.80. The van der Waals surface area contributed by atoms with E-state index in [1.165, 1.54) is 5.01 Å². The van der Waals surface area contributed by atoms with Crippen molar-refractivity contribution in [2.75, 3.05) is 13.1 Å². The minimum Gasteiger partial charge on any atom is -0.464 e. The molecule has 82 valence electrons. The second-order valence-corrected chi connectivity index (χ2v) is 5.00. The number of hydrazine groups is 1. The molecule has 0 aromatic rings. The van der Waals surface area contributed by atoms with Crippen molar-refractivity contribution in [1.82, 2.24) is 10.4 Å². The van der Waals surface area contributed by atoms with Crippen LogP contribution >= 0.6 is 0 Å². The molecule has 0 spiro atoms. The molecule has 1 fully saturated rings. The Labute approximate surface area is 85.3 Å². The Morgan fingerprint density at radius 1 is 1.50 bits per heavy atom. The maximum atomic E-state index is 10.7. The first-order valence-electron chi connectivity index (χ1n) is 5.15. The summed E-state index contributed by atoms with van der Waals surface area (Å²) in [7, 11) is 0. The summed E-state index contributed by atoms with van der Waals surface area (Å²) in [5, 5.41) is 10.1. The molecular weight excluding hydrogens is 180 g/mol. The Hall–Kier alpha value is -0.770. The highest BCUT2D eigenvalue weighted by Crippen LogP contribution is 2.30. The molecule has 1 heterocycles. The molecule has 4 heteroatoms. The largest absolute Gasteiger partial charge is 0.464 e. The Balaban J connectivity index is 2.53. The van der Waals surface area contributed by atoms with Crippen LogP contribution in [0.2, 0.25) is 0 Å². The third-order valence-corrected chi connectivity index (χ3v) is 2.92. The summed E-state index contributed by atoms with van der Waals surface area (Å²) in [6.45, 7) is 7.97. The van der Waals surface area contributed by atoms with Crippen LogP contribution in [0.5, 0.6) is 0 Å². The van der Waals surface area contributed by atoms with Crippen molar-refractivity contribution < 1.29 is 9.90 Å². The fraction of sp³-hybridized carbons (Fsp3) is 0.900. The number of hydrogen-bond acceptors (Lipinski definition) is 2. The van der Waals surface area contributed by atoms with Crippen molar-refractivity contribution in [3.63, 3.8) is 0 Å². The van der Waals surface area contributed by atoms with Gasteiger partial charge < -0.3 is 5.11 Å². The lowest BCUT2D eigenvalue weighted by Crippen LogP contribution is -2.43. The summed E-state index contributed by atoms with van der Waals surface area (Å²) < 4.78 is 0. The maximum Gasteiger partial charge on any atom is 0.421 e. The van der Waals surface area contributed by atoms with E-state index in [0.717, 1.165) is 19.4 Å². The third kappa shape index (κ3) is 2.87. The number of carbonyl (C=O) groups is 1. The Morgan fingerprint density at radius 2 is 2.14 bits per heavy atom. The summed E-state index contributed by atoms with van der Waals surface area (Å²) in [6.07, 6.45) is 1.17. The fourth-order valence-corrected chi connectivity index (χ4v) is 1.80. The van der Waals surface area contributed by atoms with Crippen LogP contribution in [0.15, 0.2) is 0 Å². The van der Waals surface area contributed by atoms with E-state index in [9.17, 15) is 4.79 Å². The summed E-state index contributed by atoms with van der Waals surface area (Å²) in [4.78, 5) is 10.7. The highest BCUT2D eigenvalue weighted by molar-refractivity contribution is 5.64. The van der Waals surface area contributed by atoms with E-state index in [4.69, 9.17) is 5.11 Å². The molecule has 0 aromatic heterocycles. The Morgan fingerprint density at radius 3 is 2.64 bits per heavy atom. The molecule has 0 aliphatic carbocycles. The van der Waals surface area contributed by atoms with E-state index in [1.54, 1.807) is 0 Å². The first-order chi connectivity index (χ1) is 6.41. The number of carboxylic acid groups (broad SMARTS) is 1. The number of rotatable bonds is 0. The zero-order valence-electron chi connectivity index (χ0n) is 9.21. The van der Waals surface area contributed by atoms with Gasteiger partial charge in [-0.15, -0.1) is 0 Å². The van der Waals surface area contributed by atoms with Crippen LogP contribution in [0.1, 0.15) is 33.6 Å². The molecule has 1 unspecified atom stereocenters. The van der Waals surface area contributed by atoms with Gasteiger partial charge in [-0.2, -0.15) is 0 Å². The Kier molecular flexibility index (Phi) is 3.37. The predicted molar refractivity (Wildman–Crippen MR) is 54.9 cm³/mol. The molecule has 1 aliphatic heterocycles. The van der Waals surface area contributed by atoms with E-state index < -0.39 is 6.09 Å². The van der Waals surface area contributed by atoms with Crippen molar-refractivity contribution in [2.45, 2.75) is 33.6 Å². The van der Waals surface area contributed by atoms with Crippen LogP contribution in [0.25, 0.3) is 0 Å². The van der Waals surface area contributed by atoms with E-state index in [1.807, 2.05) is 0 Å². The van der Waals surface area contributed by atoms with Gasteiger partial charge in [0.1, 0.15) is 0 Å². The van der Waals surface area contributed by atoms with Crippen molar-refractivity contribution in [2.24, 2.45) is 11.3 Å². The van der Waals surface area contributed by atoms with E-state index >= 15 is 0 Å². The van der Waals surface area contributed by atoms with E-state index in [-0.39, 0.29) is 5.41 Å². The number of nitrogens with one attached hydrogen (secondary N) is 1. The van der Waals surface area contributed by atoms with Crippen molar-refractivity contribution in [3.05, 3.63) is 0 Å². The van der Waals surface area contributed by atoms with Crippen molar-refractivity contribution >= 4 is 6.09 Å². The van der Waals surface area contributed by atoms with Crippen LogP contribution < -0.4 is 5.43 Å². The highest BCUT2D eigenvalue weighted by atomic mass is 16.4. The zero-order chi connectivity index (χ0) is 10.8. The second-order valence-electron chi connectivity index (χ2n) is 5.00. The van der Waals surface area contributed by atoms with Crippen LogP contribution in [0.4, 0.5) is 4.79 Å². The molecule has 1 atom stereocenters. The molecule has 0 saturated carbocycles.